The molecule has 2 atom stereocenters. The van der Waals surface area contributed by atoms with Crippen LogP contribution in [0.25, 0.3) is 0 Å². The molecule has 2 nitrogen and oxygen atoms in total. The molecule has 2 unspecified atom stereocenters. The average molecular weight is 247 g/mol. The number of rotatable bonds is 6. The van der Waals surface area contributed by atoms with E-state index >= 15 is 0 Å². The van der Waals surface area contributed by atoms with E-state index < -0.39 is 0 Å². The van der Waals surface area contributed by atoms with Gasteiger partial charge in [-0.05, 0) is 25.3 Å². The fraction of sp³-hybridized carbons (Fsp3) is 0.562. The van der Waals surface area contributed by atoms with Crippen LogP contribution in [0.3, 0.4) is 0 Å². The molecule has 0 bridgehead atoms. The van der Waals surface area contributed by atoms with Crippen molar-refractivity contribution >= 4 is 5.91 Å². The lowest BCUT2D eigenvalue weighted by molar-refractivity contribution is -0.125. The van der Waals surface area contributed by atoms with E-state index in [1.165, 1.54) is 11.1 Å². The molecule has 0 saturated carbocycles. The van der Waals surface area contributed by atoms with Gasteiger partial charge in [-0.1, -0.05) is 57.0 Å². The summed E-state index contributed by atoms with van der Waals surface area (Å²) in [5.74, 6) is 0.277. The second kappa shape index (κ2) is 7.20. The highest BCUT2D eigenvalue weighted by molar-refractivity contribution is 5.78. The maximum atomic E-state index is 12.0. The zero-order valence-corrected chi connectivity index (χ0v) is 12.0. The third-order valence-electron chi connectivity index (χ3n) is 3.37. The van der Waals surface area contributed by atoms with E-state index in [9.17, 15) is 4.79 Å². The first-order valence-corrected chi connectivity index (χ1v) is 6.95. The number of aryl methyl sites for hydroxylation is 1. The number of hydrogen-bond acceptors (Lipinski definition) is 1. The predicted molar refractivity (Wildman–Crippen MR) is 76.4 cm³/mol. The van der Waals surface area contributed by atoms with Crippen LogP contribution in [-0.2, 0) is 4.79 Å². The Balaban J connectivity index is 2.67. The molecule has 1 aromatic carbocycles. The van der Waals surface area contributed by atoms with E-state index in [2.05, 4.69) is 50.4 Å². The van der Waals surface area contributed by atoms with Gasteiger partial charge < -0.3 is 5.32 Å². The first kappa shape index (κ1) is 14.7. The molecule has 1 N–H and O–H groups in total. The van der Waals surface area contributed by atoms with Crippen molar-refractivity contribution in [2.75, 3.05) is 0 Å². The van der Waals surface area contributed by atoms with Crippen molar-refractivity contribution in [3.8, 4) is 0 Å². The molecule has 0 radical (unpaired) electrons. The van der Waals surface area contributed by atoms with E-state index in [0.29, 0.717) is 0 Å². The lowest BCUT2D eigenvalue weighted by atomic mass is 10.0. The number of benzene rings is 1. The van der Waals surface area contributed by atoms with Gasteiger partial charge in [-0.15, -0.1) is 0 Å². The molecule has 100 valence electrons. The summed E-state index contributed by atoms with van der Waals surface area (Å²) in [5, 5.41) is 3.15. The lowest BCUT2D eigenvalue weighted by Gasteiger charge is -2.20. The minimum absolute atomic E-state index is 0.106. The maximum absolute atomic E-state index is 12.0. The van der Waals surface area contributed by atoms with Gasteiger partial charge in [0.25, 0.3) is 0 Å². The fourth-order valence-electron chi connectivity index (χ4n) is 2.10. The topological polar surface area (TPSA) is 29.1 Å². The first-order valence-electron chi connectivity index (χ1n) is 6.95. The quantitative estimate of drug-likeness (QED) is 0.809. The number of nitrogens with one attached hydrogen (secondary N) is 1. The molecule has 0 aromatic heterocycles. The van der Waals surface area contributed by atoms with E-state index in [1.54, 1.807) is 0 Å². The largest absolute Gasteiger partial charge is 0.349 e. The molecule has 1 rings (SSSR count). The molecule has 0 saturated heterocycles. The van der Waals surface area contributed by atoms with Crippen LogP contribution in [0, 0.1) is 12.8 Å². The van der Waals surface area contributed by atoms with Gasteiger partial charge in [0.1, 0.15) is 0 Å². The molecule has 1 amide bonds. The molecule has 0 aliphatic rings. The van der Waals surface area contributed by atoms with Crippen molar-refractivity contribution < 1.29 is 4.79 Å². The van der Waals surface area contributed by atoms with Gasteiger partial charge in [0.2, 0.25) is 5.91 Å². The number of carbonyl (C=O) groups excluding carboxylic acids is 1. The van der Waals surface area contributed by atoms with Gasteiger partial charge in [0, 0.05) is 5.92 Å². The summed E-state index contributed by atoms with van der Waals surface area (Å²) in [6.45, 7) is 8.30. The van der Waals surface area contributed by atoms with Crippen LogP contribution >= 0.6 is 0 Å². The molecule has 0 aliphatic heterocycles. The molecular formula is C16H25NO. The summed E-state index contributed by atoms with van der Waals surface area (Å²) in [7, 11) is 0. The van der Waals surface area contributed by atoms with Crippen molar-refractivity contribution in [1.82, 2.24) is 5.32 Å². The monoisotopic (exact) mass is 247 g/mol. The van der Waals surface area contributed by atoms with E-state index in [4.69, 9.17) is 0 Å². The Morgan fingerprint density at radius 1 is 1.22 bits per heavy atom. The van der Waals surface area contributed by atoms with Crippen LogP contribution in [0.15, 0.2) is 24.3 Å². The highest BCUT2D eigenvalue weighted by atomic mass is 16.1. The minimum Gasteiger partial charge on any atom is -0.349 e. The molecule has 0 heterocycles. The van der Waals surface area contributed by atoms with Crippen molar-refractivity contribution in [2.45, 2.75) is 53.0 Å². The Bertz CT molecular complexity index is 369. The third kappa shape index (κ3) is 4.17. The summed E-state index contributed by atoms with van der Waals surface area (Å²) >= 11 is 0. The second-order valence-corrected chi connectivity index (χ2v) is 5.07. The standard InChI is InChI=1S/C16H25NO/c1-5-7-13(4)16(18)17-15(6-2)14-10-8-12(3)9-11-14/h8-11,13,15H,5-7H2,1-4H3,(H,17,18). The Labute approximate surface area is 111 Å². The summed E-state index contributed by atoms with van der Waals surface area (Å²) in [5.41, 5.74) is 2.44. The number of amides is 1. The van der Waals surface area contributed by atoms with Gasteiger partial charge >= 0.3 is 0 Å². The SMILES string of the molecule is CCCC(C)C(=O)NC(CC)c1ccc(C)cc1. The summed E-state index contributed by atoms with van der Waals surface area (Å²) in [6, 6.07) is 8.54. The van der Waals surface area contributed by atoms with Crippen LogP contribution in [0.1, 0.15) is 57.2 Å². The van der Waals surface area contributed by atoms with Crippen molar-refractivity contribution in [3.05, 3.63) is 35.4 Å². The van der Waals surface area contributed by atoms with Crippen molar-refractivity contribution in [3.63, 3.8) is 0 Å². The molecule has 1 aromatic rings. The third-order valence-corrected chi connectivity index (χ3v) is 3.37. The van der Waals surface area contributed by atoms with Crippen LogP contribution in [0.2, 0.25) is 0 Å². The van der Waals surface area contributed by atoms with Crippen molar-refractivity contribution in [1.29, 1.82) is 0 Å². The van der Waals surface area contributed by atoms with E-state index in [0.717, 1.165) is 19.3 Å². The highest BCUT2D eigenvalue weighted by Gasteiger charge is 2.16. The molecule has 0 aliphatic carbocycles. The second-order valence-electron chi connectivity index (χ2n) is 5.07. The summed E-state index contributed by atoms with van der Waals surface area (Å²) in [4.78, 5) is 12.0. The molecule has 0 spiro atoms. The molecule has 2 heteroatoms. The molecule has 18 heavy (non-hydrogen) atoms. The van der Waals surface area contributed by atoms with Crippen LogP contribution in [0.4, 0.5) is 0 Å². The van der Waals surface area contributed by atoms with Gasteiger partial charge in [-0.3, -0.25) is 4.79 Å². The summed E-state index contributed by atoms with van der Waals surface area (Å²) in [6.07, 6.45) is 2.93. The van der Waals surface area contributed by atoms with Crippen molar-refractivity contribution in [2.24, 2.45) is 5.92 Å². The summed E-state index contributed by atoms with van der Waals surface area (Å²) < 4.78 is 0. The van der Waals surface area contributed by atoms with Gasteiger partial charge in [-0.2, -0.15) is 0 Å². The number of carbonyl (C=O) groups is 1. The Kier molecular flexibility index (Phi) is 5.90. The Morgan fingerprint density at radius 3 is 2.33 bits per heavy atom. The first-order chi connectivity index (χ1) is 8.58. The zero-order chi connectivity index (χ0) is 13.5. The Hall–Kier alpha value is -1.31. The minimum atomic E-state index is 0.106. The van der Waals surface area contributed by atoms with Gasteiger partial charge in [-0.25, -0.2) is 0 Å². The molecular weight excluding hydrogens is 222 g/mol. The van der Waals surface area contributed by atoms with E-state index in [-0.39, 0.29) is 17.9 Å². The zero-order valence-electron chi connectivity index (χ0n) is 12.0. The lowest BCUT2D eigenvalue weighted by Crippen LogP contribution is -2.32. The van der Waals surface area contributed by atoms with Gasteiger partial charge in [0.05, 0.1) is 6.04 Å². The predicted octanol–water partition coefficient (Wildman–Crippen LogP) is 4.00. The highest BCUT2D eigenvalue weighted by Crippen LogP contribution is 2.18. The van der Waals surface area contributed by atoms with Crippen LogP contribution < -0.4 is 5.32 Å². The molecule has 0 fully saturated rings. The number of hydrogen-bond donors (Lipinski definition) is 1. The normalized spacial score (nSPS) is 14.0. The fourth-order valence-corrected chi connectivity index (χ4v) is 2.10. The maximum Gasteiger partial charge on any atom is 0.223 e. The smallest absolute Gasteiger partial charge is 0.223 e. The average Bonchev–Trinajstić information content (AvgIpc) is 2.37. The van der Waals surface area contributed by atoms with Gasteiger partial charge in [0.15, 0.2) is 0 Å². The van der Waals surface area contributed by atoms with E-state index in [1.807, 2.05) is 6.92 Å². The van der Waals surface area contributed by atoms with Crippen LogP contribution in [0.5, 0.6) is 0 Å². The Morgan fingerprint density at radius 2 is 1.83 bits per heavy atom. The van der Waals surface area contributed by atoms with Crippen LogP contribution in [-0.4, -0.2) is 5.91 Å².